The highest BCUT2D eigenvalue weighted by molar-refractivity contribution is 5.93. The third-order valence-electron chi connectivity index (χ3n) is 3.09. The molecule has 0 radical (unpaired) electrons. The Balaban J connectivity index is 2.21. The molecule has 1 saturated carbocycles. The van der Waals surface area contributed by atoms with Gasteiger partial charge >= 0.3 is 0 Å². The summed E-state index contributed by atoms with van der Waals surface area (Å²) in [6.07, 6.45) is 3.80. The van der Waals surface area contributed by atoms with E-state index >= 15 is 0 Å². The van der Waals surface area contributed by atoms with E-state index in [0.29, 0.717) is 5.78 Å². The summed E-state index contributed by atoms with van der Waals surface area (Å²) in [5.74, 6) is 0.436. The van der Waals surface area contributed by atoms with Crippen molar-refractivity contribution in [3.8, 4) is 0 Å². The largest absolute Gasteiger partial charge is 0.299 e. The van der Waals surface area contributed by atoms with Crippen LogP contribution in [0.4, 0.5) is 0 Å². The van der Waals surface area contributed by atoms with Gasteiger partial charge < -0.3 is 0 Å². The van der Waals surface area contributed by atoms with Crippen LogP contribution in [0.25, 0.3) is 0 Å². The first kappa shape index (κ1) is 9.45. The lowest BCUT2D eigenvalue weighted by atomic mass is 9.89. The van der Waals surface area contributed by atoms with Gasteiger partial charge in [-0.25, -0.2) is 0 Å². The average Bonchev–Trinajstić information content (AvgIpc) is 3.00. The van der Waals surface area contributed by atoms with E-state index in [1.165, 1.54) is 5.56 Å². The summed E-state index contributed by atoms with van der Waals surface area (Å²) in [6.45, 7) is 2.07. The molecular formula is C13H16O. The smallest absolute Gasteiger partial charge is 0.143 e. The number of hydrogen-bond acceptors (Lipinski definition) is 1. The third kappa shape index (κ3) is 1.47. The maximum atomic E-state index is 11.9. The zero-order valence-electron chi connectivity index (χ0n) is 8.62. The Bertz CT molecular complexity index is 322. The van der Waals surface area contributed by atoms with E-state index in [9.17, 15) is 4.79 Å². The van der Waals surface area contributed by atoms with E-state index in [4.69, 9.17) is 0 Å². The summed E-state index contributed by atoms with van der Waals surface area (Å²) < 4.78 is 0. The fourth-order valence-corrected chi connectivity index (χ4v) is 2.08. The zero-order chi connectivity index (χ0) is 10.0. The van der Waals surface area contributed by atoms with Crippen LogP contribution in [0.1, 0.15) is 38.2 Å². The van der Waals surface area contributed by atoms with Gasteiger partial charge in [-0.1, -0.05) is 37.3 Å². The molecule has 0 aliphatic heterocycles. The van der Waals surface area contributed by atoms with Crippen molar-refractivity contribution in [2.24, 2.45) is 0 Å². The van der Waals surface area contributed by atoms with Gasteiger partial charge in [-0.15, -0.1) is 0 Å². The van der Waals surface area contributed by atoms with E-state index in [-0.39, 0.29) is 5.41 Å². The molecule has 1 aromatic rings. The Morgan fingerprint density at radius 1 is 1.29 bits per heavy atom. The molecule has 14 heavy (non-hydrogen) atoms. The summed E-state index contributed by atoms with van der Waals surface area (Å²) in [5.41, 5.74) is 1.13. The Morgan fingerprint density at radius 3 is 2.43 bits per heavy atom. The van der Waals surface area contributed by atoms with Gasteiger partial charge in [-0.3, -0.25) is 4.79 Å². The molecule has 0 atom stereocenters. The summed E-state index contributed by atoms with van der Waals surface area (Å²) in [5, 5.41) is 0. The van der Waals surface area contributed by atoms with Crippen molar-refractivity contribution in [1.82, 2.24) is 0 Å². The summed E-state index contributed by atoms with van der Waals surface area (Å²) >= 11 is 0. The number of rotatable bonds is 4. The van der Waals surface area contributed by atoms with Crippen molar-refractivity contribution in [1.29, 1.82) is 0 Å². The fourth-order valence-electron chi connectivity index (χ4n) is 2.08. The average molecular weight is 188 g/mol. The molecule has 0 amide bonds. The molecule has 0 heterocycles. The van der Waals surface area contributed by atoms with Gasteiger partial charge in [-0.2, -0.15) is 0 Å². The number of carbonyl (C=O) groups excluding carboxylic acids is 1. The molecule has 0 bridgehead atoms. The van der Waals surface area contributed by atoms with Crippen molar-refractivity contribution in [2.75, 3.05) is 0 Å². The standard InChI is InChI=1S/C13H16O/c1-2-6-12(14)13(9-10-13)11-7-4-3-5-8-11/h3-5,7-8H,2,6,9-10H2,1H3. The predicted molar refractivity (Wildman–Crippen MR) is 57.3 cm³/mol. The summed E-state index contributed by atoms with van der Waals surface area (Å²) in [7, 11) is 0. The highest BCUT2D eigenvalue weighted by Gasteiger charge is 2.49. The molecule has 0 aromatic heterocycles. The minimum absolute atomic E-state index is 0.0860. The third-order valence-corrected chi connectivity index (χ3v) is 3.09. The first-order chi connectivity index (χ1) is 6.79. The van der Waals surface area contributed by atoms with Crippen LogP contribution < -0.4 is 0 Å². The zero-order valence-corrected chi connectivity index (χ0v) is 8.62. The van der Waals surface area contributed by atoms with E-state index in [1.807, 2.05) is 18.2 Å². The Labute approximate surface area is 85.1 Å². The molecule has 0 spiro atoms. The van der Waals surface area contributed by atoms with Crippen molar-refractivity contribution in [2.45, 2.75) is 38.0 Å². The topological polar surface area (TPSA) is 17.1 Å². The number of hydrogen-bond donors (Lipinski definition) is 0. The highest BCUT2D eigenvalue weighted by atomic mass is 16.1. The fraction of sp³-hybridized carbons (Fsp3) is 0.462. The maximum absolute atomic E-state index is 11.9. The van der Waals surface area contributed by atoms with Crippen LogP contribution in [0, 0.1) is 0 Å². The molecule has 1 aliphatic rings. The second kappa shape index (κ2) is 3.56. The lowest BCUT2D eigenvalue weighted by Crippen LogP contribution is -2.19. The first-order valence-electron chi connectivity index (χ1n) is 5.38. The molecule has 2 rings (SSSR count). The van der Waals surface area contributed by atoms with Crippen LogP contribution in [0.5, 0.6) is 0 Å². The predicted octanol–water partition coefficient (Wildman–Crippen LogP) is 3.09. The number of ketones is 1. The van der Waals surface area contributed by atoms with Crippen molar-refractivity contribution in [3.05, 3.63) is 35.9 Å². The van der Waals surface area contributed by atoms with E-state index in [2.05, 4.69) is 19.1 Å². The maximum Gasteiger partial charge on any atom is 0.143 e. The van der Waals surface area contributed by atoms with E-state index in [1.54, 1.807) is 0 Å². The molecule has 1 nitrogen and oxygen atoms in total. The Morgan fingerprint density at radius 2 is 1.93 bits per heavy atom. The quantitative estimate of drug-likeness (QED) is 0.709. The SMILES string of the molecule is CCCC(=O)C1(c2ccccc2)CC1. The first-order valence-corrected chi connectivity index (χ1v) is 5.38. The molecule has 0 unspecified atom stereocenters. The van der Waals surface area contributed by atoms with Gasteiger partial charge in [0, 0.05) is 6.42 Å². The lowest BCUT2D eigenvalue weighted by Gasteiger charge is -2.13. The van der Waals surface area contributed by atoms with Gasteiger partial charge in [0.2, 0.25) is 0 Å². The van der Waals surface area contributed by atoms with Crippen LogP contribution in [-0.2, 0) is 10.2 Å². The molecule has 1 aromatic carbocycles. The Hall–Kier alpha value is -1.11. The highest BCUT2D eigenvalue weighted by Crippen LogP contribution is 2.49. The van der Waals surface area contributed by atoms with Crippen molar-refractivity contribution >= 4 is 5.78 Å². The van der Waals surface area contributed by atoms with Gasteiger partial charge in [-0.05, 0) is 24.8 Å². The number of Topliss-reactive ketones (excluding diaryl/α,β-unsaturated/α-hetero) is 1. The van der Waals surface area contributed by atoms with Crippen LogP contribution in [0.2, 0.25) is 0 Å². The van der Waals surface area contributed by atoms with Crippen molar-refractivity contribution in [3.63, 3.8) is 0 Å². The monoisotopic (exact) mass is 188 g/mol. The van der Waals surface area contributed by atoms with Crippen LogP contribution in [0.3, 0.4) is 0 Å². The van der Waals surface area contributed by atoms with Gasteiger partial charge in [0.05, 0.1) is 5.41 Å². The summed E-state index contributed by atoms with van der Waals surface area (Å²) in [6, 6.07) is 10.2. The second-order valence-electron chi connectivity index (χ2n) is 4.12. The van der Waals surface area contributed by atoms with Crippen LogP contribution in [0.15, 0.2) is 30.3 Å². The van der Waals surface area contributed by atoms with Gasteiger partial charge in [0.15, 0.2) is 0 Å². The lowest BCUT2D eigenvalue weighted by molar-refractivity contribution is -0.121. The van der Waals surface area contributed by atoms with Gasteiger partial charge in [0.1, 0.15) is 5.78 Å². The van der Waals surface area contributed by atoms with Crippen LogP contribution >= 0.6 is 0 Å². The van der Waals surface area contributed by atoms with E-state index < -0.39 is 0 Å². The molecular weight excluding hydrogens is 172 g/mol. The molecule has 74 valence electrons. The molecule has 0 N–H and O–H groups in total. The molecule has 1 fully saturated rings. The Kier molecular flexibility index (Phi) is 2.40. The molecule has 1 aliphatic carbocycles. The number of benzene rings is 1. The molecule has 0 saturated heterocycles. The van der Waals surface area contributed by atoms with Gasteiger partial charge in [0.25, 0.3) is 0 Å². The normalized spacial score (nSPS) is 17.8. The minimum Gasteiger partial charge on any atom is -0.299 e. The minimum atomic E-state index is -0.0860. The second-order valence-corrected chi connectivity index (χ2v) is 4.12. The molecule has 1 heteroatoms. The van der Waals surface area contributed by atoms with Crippen LogP contribution in [-0.4, -0.2) is 5.78 Å². The number of carbonyl (C=O) groups is 1. The van der Waals surface area contributed by atoms with E-state index in [0.717, 1.165) is 25.7 Å². The summed E-state index contributed by atoms with van der Waals surface area (Å²) in [4.78, 5) is 11.9. The van der Waals surface area contributed by atoms with Crippen molar-refractivity contribution < 1.29 is 4.79 Å².